The fourth-order valence-corrected chi connectivity index (χ4v) is 2.51. The Hall–Kier alpha value is -1.29. The highest BCUT2D eigenvalue weighted by molar-refractivity contribution is 5.78. The molecule has 1 unspecified atom stereocenters. The average Bonchev–Trinajstić information content (AvgIpc) is 2.74. The lowest BCUT2D eigenvalue weighted by atomic mass is 9.97. The topological polar surface area (TPSA) is 37.3 Å². The highest BCUT2D eigenvalue weighted by atomic mass is 16.1. The summed E-state index contributed by atoms with van der Waals surface area (Å²) in [5.41, 5.74) is 1.31. The molecule has 2 rings (SSSR count). The molecule has 0 bridgehead atoms. The van der Waals surface area contributed by atoms with E-state index in [2.05, 4.69) is 40.2 Å². The number of hydrogen-bond acceptors (Lipinski definition) is 2. The Balaban J connectivity index is 1.94. The number of nitrogens with zero attached hydrogens (tertiary/aromatic N) is 2. The quantitative estimate of drug-likeness (QED) is 0.848. The SMILES string of the molecule is CNC(=O)C1CCCN(Cc2cccn2C)C1. The number of nitrogens with one attached hydrogen (secondary N) is 1. The molecule has 1 aromatic heterocycles. The van der Waals surface area contributed by atoms with Crippen LogP contribution in [0.2, 0.25) is 0 Å². The van der Waals surface area contributed by atoms with Gasteiger partial charge in [-0.1, -0.05) is 0 Å². The molecule has 1 fully saturated rings. The number of rotatable bonds is 3. The monoisotopic (exact) mass is 235 g/mol. The maximum Gasteiger partial charge on any atom is 0.224 e. The highest BCUT2D eigenvalue weighted by Gasteiger charge is 2.25. The molecule has 1 atom stereocenters. The molecular formula is C13H21N3O. The van der Waals surface area contributed by atoms with E-state index < -0.39 is 0 Å². The molecule has 94 valence electrons. The lowest BCUT2D eigenvalue weighted by Gasteiger charge is -2.31. The van der Waals surface area contributed by atoms with Gasteiger partial charge in [0.2, 0.25) is 5.91 Å². The van der Waals surface area contributed by atoms with E-state index in [0.29, 0.717) is 0 Å². The second-order valence-corrected chi connectivity index (χ2v) is 4.80. The molecule has 1 aliphatic rings. The smallest absolute Gasteiger partial charge is 0.224 e. The molecule has 4 nitrogen and oxygen atoms in total. The maximum absolute atomic E-state index is 11.6. The Labute approximate surface area is 103 Å². The number of aryl methyl sites for hydroxylation is 1. The van der Waals surface area contributed by atoms with Crippen molar-refractivity contribution in [3.8, 4) is 0 Å². The van der Waals surface area contributed by atoms with Crippen LogP contribution in [0.15, 0.2) is 18.3 Å². The molecule has 4 heteroatoms. The Bertz CT molecular complexity index is 386. The van der Waals surface area contributed by atoms with Crippen LogP contribution in [0.3, 0.4) is 0 Å². The minimum Gasteiger partial charge on any atom is -0.359 e. The summed E-state index contributed by atoms with van der Waals surface area (Å²) in [6.45, 7) is 2.92. The van der Waals surface area contributed by atoms with Gasteiger partial charge in [0.25, 0.3) is 0 Å². The summed E-state index contributed by atoms with van der Waals surface area (Å²) in [5, 5.41) is 2.75. The van der Waals surface area contributed by atoms with Crippen LogP contribution in [0, 0.1) is 5.92 Å². The van der Waals surface area contributed by atoms with Crippen LogP contribution in [-0.4, -0.2) is 35.5 Å². The second-order valence-electron chi connectivity index (χ2n) is 4.80. The first-order valence-electron chi connectivity index (χ1n) is 6.25. The van der Waals surface area contributed by atoms with Crippen molar-refractivity contribution in [2.75, 3.05) is 20.1 Å². The van der Waals surface area contributed by atoms with Gasteiger partial charge in [-0.15, -0.1) is 0 Å². The van der Waals surface area contributed by atoms with Crippen molar-refractivity contribution < 1.29 is 4.79 Å². The first-order valence-corrected chi connectivity index (χ1v) is 6.25. The molecule has 1 aliphatic heterocycles. The van der Waals surface area contributed by atoms with Crippen molar-refractivity contribution >= 4 is 5.91 Å². The van der Waals surface area contributed by atoms with Crippen molar-refractivity contribution in [2.24, 2.45) is 13.0 Å². The fraction of sp³-hybridized carbons (Fsp3) is 0.615. The average molecular weight is 235 g/mol. The van der Waals surface area contributed by atoms with Crippen LogP contribution < -0.4 is 5.32 Å². The maximum atomic E-state index is 11.6. The van der Waals surface area contributed by atoms with Crippen molar-refractivity contribution in [3.05, 3.63) is 24.0 Å². The van der Waals surface area contributed by atoms with Crippen LogP contribution in [0.25, 0.3) is 0 Å². The van der Waals surface area contributed by atoms with Crippen molar-refractivity contribution in [2.45, 2.75) is 19.4 Å². The summed E-state index contributed by atoms with van der Waals surface area (Å²) in [6, 6.07) is 4.21. The van der Waals surface area contributed by atoms with Crippen LogP contribution >= 0.6 is 0 Å². The number of likely N-dealkylation sites (tertiary alicyclic amines) is 1. The highest BCUT2D eigenvalue weighted by Crippen LogP contribution is 2.18. The number of carbonyl (C=O) groups excluding carboxylic acids is 1. The van der Waals surface area contributed by atoms with E-state index in [9.17, 15) is 4.79 Å². The third-order valence-electron chi connectivity index (χ3n) is 3.56. The van der Waals surface area contributed by atoms with Gasteiger partial charge in [0, 0.05) is 39.1 Å². The Morgan fingerprint density at radius 2 is 2.41 bits per heavy atom. The molecule has 1 amide bonds. The summed E-state index contributed by atoms with van der Waals surface area (Å²) in [6.07, 6.45) is 4.20. The Kier molecular flexibility index (Phi) is 3.84. The summed E-state index contributed by atoms with van der Waals surface area (Å²) in [4.78, 5) is 14.0. The van der Waals surface area contributed by atoms with Gasteiger partial charge < -0.3 is 9.88 Å². The Morgan fingerprint density at radius 3 is 3.06 bits per heavy atom. The van der Waals surface area contributed by atoms with Crippen molar-refractivity contribution in [1.29, 1.82) is 0 Å². The zero-order valence-corrected chi connectivity index (χ0v) is 10.6. The second kappa shape index (κ2) is 5.36. The first-order chi connectivity index (χ1) is 8.20. The van der Waals surface area contributed by atoms with Crippen LogP contribution in [0.5, 0.6) is 0 Å². The van der Waals surface area contributed by atoms with Gasteiger partial charge in [-0.25, -0.2) is 0 Å². The molecule has 0 spiro atoms. The van der Waals surface area contributed by atoms with Gasteiger partial charge in [-0.3, -0.25) is 9.69 Å². The predicted octanol–water partition coefficient (Wildman–Crippen LogP) is 0.983. The molecule has 1 N–H and O–H groups in total. The number of hydrogen-bond donors (Lipinski definition) is 1. The normalized spacial score (nSPS) is 21.4. The van der Waals surface area contributed by atoms with E-state index in [1.807, 2.05) is 0 Å². The van der Waals surface area contributed by atoms with Crippen molar-refractivity contribution in [1.82, 2.24) is 14.8 Å². The molecule has 2 heterocycles. The van der Waals surface area contributed by atoms with E-state index in [1.165, 1.54) is 5.69 Å². The number of piperidine rings is 1. The fourth-order valence-electron chi connectivity index (χ4n) is 2.51. The molecule has 0 aromatic carbocycles. The third-order valence-corrected chi connectivity index (χ3v) is 3.56. The number of amides is 1. The van der Waals surface area contributed by atoms with E-state index >= 15 is 0 Å². The molecule has 1 aromatic rings. The van der Waals surface area contributed by atoms with E-state index in [-0.39, 0.29) is 11.8 Å². The van der Waals surface area contributed by atoms with Crippen LogP contribution in [0.4, 0.5) is 0 Å². The van der Waals surface area contributed by atoms with E-state index in [0.717, 1.165) is 32.5 Å². The van der Waals surface area contributed by atoms with Gasteiger partial charge in [-0.2, -0.15) is 0 Å². The van der Waals surface area contributed by atoms with Gasteiger partial charge >= 0.3 is 0 Å². The summed E-state index contributed by atoms with van der Waals surface area (Å²) in [7, 11) is 3.79. The van der Waals surface area contributed by atoms with E-state index in [4.69, 9.17) is 0 Å². The number of aromatic nitrogens is 1. The van der Waals surface area contributed by atoms with E-state index in [1.54, 1.807) is 7.05 Å². The predicted molar refractivity (Wildman–Crippen MR) is 67.5 cm³/mol. The molecule has 0 aliphatic carbocycles. The van der Waals surface area contributed by atoms with Gasteiger partial charge in [0.05, 0.1) is 5.92 Å². The lowest BCUT2D eigenvalue weighted by molar-refractivity contribution is -0.126. The van der Waals surface area contributed by atoms with Gasteiger partial charge in [0.15, 0.2) is 0 Å². The zero-order chi connectivity index (χ0) is 12.3. The minimum absolute atomic E-state index is 0.161. The summed E-state index contributed by atoms with van der Waals surface area (Å²) in [5.74, 6) is 0.343. The van der Waals surface area contributed by atoms with Gasteiger partial charge in [0.1, 0.15) is 0 Å². The Morgan fingerprint density at radius 1 is 1.59 bits per heavy atom. The van der Waals surface area contributed by atoms with Gasteiger partial charge in [-0.05, 0) is 31.5 Å². The molecule has 1 saturated heterocycles. The van der Waals surface area contributed by atoms with Crippen LogP contribution in [0.1, 0.15) is 18.5 Å². The lowest BCUT2D eigenvalue weighted by Crippen LogP contribution is -2.41. The summed E-state index contributed by atoms with van der Waals surface area (Å²) >= 11 is 0. The minimum atomic E-state index is 0.161. The largest absolute Gasteiger partial charge is 0.359 e. The molecule has 17 heavy (non-hydrogen) atoms. The van der Waals surface area contributed by atoms with Crippen molar-refractivity contribution in [3.63, 3.8) is 0 Å². The zero-order valence-electron chi connectivity index (χ0n) is 10.6. The molecule has 0 saturated carbocycles. The number of carbonyl (C=O) groups is 1. The third kappa shape index (κ3) is 2.88. The van der Waals surface area contributed by atoms with Crippen LogP contribution in [-0.2, 0) is 18.4 Å². The standard InChI is InChI=1S/C13H21N3O/c1-14-13(17)11-5-3-8-16(9-11)10-12-6-4-7-15(12)2/h4,6-7,11H,3,5,8-10H2,1-2H3,(H,14,17). The molecule has 0 radical (unpaired) electrons. The first kappa shape index (κ1) is 12.2. The molecular weight excluding hydrogens is 214 g/mol. The summed E-state index contributed by atoms with van der Waals surface area (Å²) < 4.78 is 2.14.